The third kappa shape index (κ3) is 2.28. The van der Waals surface area contributed by atoms with E-state index in [4.69, 9.17) is 16.2 Å². The van der Waals surface area contributed by atoms with Crippen molar-refractivity contribution < 1.29 is 4.74 Å². The normalized spacial score (nSPS) is 24.3. The number of benzene rings is 1. The lowest BCUT2D eigenvalue weighted by Gasteiger charge is -2.26. The minimum absolute atomic E-state index is 0.262. The molecular weight excluding hydrogens is 246 g/mol. The van der Waals surface area contributed by atoms with Crippen molar-refractivity contribution >= 4 is 26.7 Å². The molecule has 0 atom stereocenters. The molecule has 0 radical (unpaired) electrons. The molecule has 0 spiro atoms. The first-order valence-electron chi connectivity index (χ1n) is 6.29. The van der Waals surface area contributed by atoms with E-state index in [9.17, 15) is 0 Å². The summed E-state index contributed by atoms with van der Waals surface area (Å²) in [5.74, 6) is 0.848. The van der Waals surface area contributed by atoms with Crippen molar-refractivity contribution in [2.24, 2.45) is 5.73 Å². The van der Waals surface area contributed by atoms with Crippen LogP contribution in [0.2, 0.25) is 0 Å². The highest BCUT2D eigenvalue weighted by atomic mass is 32.1. The molecule has 1 aromatic heterocycles. The quantitative estimate of drug-likeness (QED) is 0.873. The molecule has 1 aliphatic carbocycles. The summed E-state index contributed by atoms with van der Waals surface area (Å²) in [4.78, 5) is 4.34. The van der Waals surface area contributed by atoms with E-state index >= 15 is 0 Å². The summed E-state index contributed by atoms with van der Waals surface area (Å²) < 4.78 is 7.14. The van der Waals surface area contributed by atoms with Gasteiger partial charge in [-0.2, -0.15) is 0 Å². The van der Waals surface area contributed by atoms with Crippen molar-refractivity contribution in [3.8, 4) is 5.75 Å². The highest BCUT2D eigenvalue weighted by molar-refractivity contribution is 7.22. The first-order valence-corrected chi connectivity index (χ1v) is 7.11. The molecule has 1 saturated carbocycles. The van der Waals surface area contributed by atoms with Crippen molar-refractivity contribution in [1.82, 2.24) is 4.98 Å². The zero-order valence-corrected chi connectivity index (χ0v) is 11.0. The van der Waals surface area contributed by atoms with Gasteiger partial charge in [-0.05, 0) is 37.8 Å². The number of hydrogen-bond acceptors (Lipinski definition) is 5. The number of para-hydroxylation sites is 1. The lowest BCUT2D eigenvalue weighted by molar-refractivity contribution is 0.149. The molecule has 18 heavy (non-hydrogen) atoms. The van der Waals surface area contributed by atoms with E-state index < -0.39 is 0 Å². The fraction of sp³-hybridized carbons (Fsp3) is 0.462. The number of rotatable bonds is 2. The van der Waals surface area contributed by atoms with E-state index in [1.54, 1.807) is 0 Å². The van der Waals surface area contributed by atoms with Crippen molar-refractivity contribution in [2.45, 2.75) is 37.8 Å². The molecule has 1 aromatic carbocycles. The Morgan fingerprint density at radius 3 is 2.78 bits per heavy atom. The van der Waals surface area contributed by atoms with Crippen LogP contribution >= 0.6 is 11.3 Å². The maximum atomic E-state index is 6.06. The maximum absolute atomic E-state index is 6.06. The highest BCUT2D eigenvalue weighted by Crippen LogP contribution is 2.33. The Hall–Kier alpha value is -1.33. The lowest BCUT2D eigenvalue weighted by atomic mass is 9.94. The molecule has 0 aliphatic heterocycles. The smallest absolute Gasteiger partial charge is 0.181 e. The average molecular weight is 263 g/mol. The van der Waals surface area contributed by atoms with Crippen molar-refractivity contribution in [3.05, 3.63) is 18.2 Å². The summed E-state index contributed by atoms with van der Waals surface area (Å²) in [5, 5.41) is 0.590. The molecule has 0 saturated heterocycles. The minimum atomic E-state index is 0.262. The van der Waals surface area contributed by atoms with Gasteiger partial charge in [0.05, 0.1) is 10.8 Å². The molecule has 0 unspecified atom stereocenters. The van der Waals surface area contributed by atoms with Crippen LogP contribution in [0.3, 0.4) is 0 Å². The SMILES string of the molecule is Nc1nc2c(OC3CCC(N)CC3)cccc2s1. The molecule has 2 aromatic rings. The van der Waals surface area contributed by atoms with Gasteiger partial charge < -0.3 is 16.2 Å². The topological polar surface area (TPSA) is 74.2 Å². The number of thiazole rings is 1. The van der Waals surface area contributed by atoms with E-state index in [-0.39, 0.29) is 6.10 Å². The van der Waals surface area contributed by atoms with Gasteiger partial charge in [0.25, 0.3) is 0 Å². The first-order chi connectivity index (χ1) is 8.72. The van der Waals surface area contributed by atoms with Crippen molar-refractivity contribution in [2.75, 3.05) is 5.73 Å². The molecule has 0 amide bonds. The van der Waals surface area contributed by atoms with Gasteiger partial charge >= 0.3 is 0 Å². The van der Waals surface area contributed by atoms with Crippen molar-refractivity contribution in [1.29, 1.82) is 0 Å². The number of ether oxygens (including phenoxy) is 1. The van der Waals surface area contributed by atoms with Crippen molar-refractivity contribution in [3.63, 3.8) is 0 Å². The second kappa shape index (κ2) is 4.74. The molecule has 1 heterocycles. The van der Waals surface area contributed by atoms with Gasteiger partial charge in [-0.1, -0.05) is 17.4 Å². The van der Waals surface area contributed by atoms with Gasteiger partial charge in [0.2, 0.25) is 0 Å². The van der Waals surface area contributed by atoms with Crippen LogP contribution in [0.4, 0.5) is 5.13 Å². The van der Waals surface area contributed by atoms with E-state index in [1.165, 1.54) is 11.3 Å². The van der Waals surface area contributed by atoms with Gasteiger partial charge in [-0.15, -0.1) is 0 Å². The Kier molecular flexibility index (Phi) is 3.09. The zero-order valence-electron chi connectivity index (χ0n) is 10.1. The third-order valence-corrected chi connectivity index (χ3v) is 4.26. The molecule has 3 rings (SSSR count). The Morgan fingerprint density at radius 1 is 1.22 bits per heavy atom. The Bertz CT molecular complexity index is 546. The number of hydrogen-bond donors (Lipinski definition) is 2. The number of nitrogen functional groups attached to an aromatic ring is 1. The highest BCUT2D eigenvalue weighted by Gasteiger charge is 2.21. The van der Waals surface area contributed by atoms with Gasteiger partial charge in [0, 0.05) is 6.04 Å². The van der Waals surface area contributed by atoms with Gasteiger partial charge in [0.1, 0.15) is 11.3 Å². The number of nitrogens with zero attached hydrogens (tertiary/aromatic N) is 1. The molecule has 0 bridgehead atoms. The van der Waals surface area contributed by atoms with E-state index in [0.29, 0.717) is 11.2 Å². The minimum Gasteiger partial charge on any atom is -0.488 e. The van der Waals surface area contributed by atoms with Gasteiger partial charge in [-0.25, -0.2) is 4.98 Å². The Labute approximate surface area is 110 Å². The average Bonchev–Trinajstić information content (AvgIpc) is 2.73. The molecule has 1 fully saturated rings. The van der Waals surface area contributed by atoms with Crippen LogP contribution in [0.5, 0.6) is 5.75 Å². The summed E-state index contributed by atoms with van der Waals surface area (Å²) >= 11 is 1.50. The van der Waals surface area contributed by atoms with Crippen LogP contribution in [0.25, 0.3) is 10.2 Å². The molecule has 4 nitrogen and oxygen atoms in total. The molecule has 96 valence electrons. The van der Waals surface area contributed by atoms with Crippen LogP contribution in [-0.4, -0.2) is 17.1 Å². The molecular formula is C13H17N3OS. The lowest BCUT2D eigenvalue weighted by Crippen LogP contribution is -2.31. The number of aromatic nitrogens is 1. The molecule has 4 N–H and O–H groups in total. The Morgan fingerprint density at radius 2 is 2.00 bits per heavy atom. The summed E-state index contributed by atoms with van der Waals surface area (Å²) in [7, 11) is 0. The fourth-order valence-corrected chi connectivity index (χ4v) is 3.17. The van der Waals surface area contributed by atoms with Crippen LogP contribution < -0.4 is 16.2 Å². The Balaban J connectivity index is 1.82. The second-order valence-electron chi connectivity index (χ2n) is 4.81. The van der Waals surface area contributed by atoms with E-state index in [2.05, 4.69) is 4.98 Å². The predicted octanol–water partition coefficient (Wildman–Crippen LogP) is 2.53. The largest absolute Gasteiger partial charge is 0.488 e. The standard InChI is InChI=1S/C13H17N3OS/c14-8-4-6-9(7-5-8)17-10-2-1-3-11-12(10)16-13(15)18-11/h1-3,8-9H,4-7,14H2,(H2,15,16). The summed E-state index contributed by atoms with van der Waals surface area (Å²) in [6.07, 6.45) is 4.40. The summed E-state index contributed by atoms with van der Waals surface area (Å²) in [6.45, 7) is 0. The summed E-state index contributed by atoms with van der Waals surface area (Å²) in [6, 6.07) is 6.32. The van der Waals surface area contributed by atoms with Crippen LogP contribution in [0, 0.1) is 0 Å². The monoisotopic (exact) mass is 263 g/mol. The maximum Gasteiger partial charge on any atom is 0.181 e. The van der Waals surface area contributed by atoms with Crippen LogP contribution in [-0.2, 0) is 0 Å². The number of nitrogens with two attached hydrogens (primary N) is 2. The zero-order chi connectivity index (χ0) is 12.5. The number of anilines is 1. The van der Waals surface area contributed by atoms with E-state index in [1.807, 2.05) is 18.2 Å². The second-order valence-corrected chi connectivity index (χ2v) is 5.87. The third-order valence-electron chi connectivity index (χ3n) is 3.41. The fourth-order valence-electron chi connectivity index (χ4n) is 2.42. The van der Waals surface area contributed by atoms with Gasteiger partial charge in [0.15, 0.2) is 5.13 Å². The summed E-state index contributed by atoms with van der Waals surface area (Å²) in [5.41, 5.74) is 12.5. The molecule has 1 aliphatic rings. The van der Waals surface area contributed by atoms with Gasteiger partial charge in [-0.3, -0.25) is 0 Å². The molecule has 5 heteroatoms. The predicted molar refractivity (Wildman–Crippen MR) is 74.9 cm³/mol. The van der Waals surface area contributed by atoms with Crippen LogP contribution in [0.1, 0.15) is 25.7 Å². The number of fused-ring (bicyclic) bond motifs is 1. The van der Waals surface area contributed by atoms with E-state index in [0.717, 1.165) is 41.6 Å². The first kappa shape index (κ1) is 11.7. The van der Waals surface area contributed by atoms with Crippen LogP contribution in [0.15, 0.2) is 18.2 Å².